The summed E-state index contributed by atoms with van der Waals surface area (Å²) in [4.78, 5) is 39.9. The van der Waals surface area contributed by atoms with Crippen molar-refractivity contribution in [3.8, 4) is 11.3 Å². The van der Waals surface area contributed by atoms with Gasteiger partial charge in [0.05, 0.1) is 23.2 Å². The molecule has 0 saturated heterocycles. The highest BCUT2D eigenvalue weighted by molar-refractivity contribution is 6.09. The molecule has 10 nitrogen and oxygen atoms in total. The van der Waals surface area contributed by atoms with Crippen molar-refractivity contribution in [3.63, 3.8) is 0 Å². The second-order valence-corrected chi connectivity index (χ2v) is 12.3. The smallest absolute Gasteiger partial charge is 0.419 e. The van der Waals surface area contributed by atoms with E-state index < -0.39 is 29.6 Å². The van der Waals surface area contributed by atoms with E-state index >= 15 is 0 Å². The summed E-state index contributed by atoms with van der Waals surface area (Å²) < 4.78 is 27.3. The first-order chi connectivity index (χ1) is 20.4. The van der Waals surface area contributed by atoms with Gasteiger partial charge in [0.25, 0.3) is 5.91 Å². The quantitative estimate of drug-likeness (QED) is 0.293. The average molecular weight is 587 g/mol. The standard InChI is InChI=1S/C32H35FN6O4/c1-31(2,3)43-30(41)39-28(36-25-11-10-22(32(42-6)13-14-32)23(35-25)18-37(4)5)27-20(8-7-9-21(27)29(39)40)24-17-34-26-16-19(33)12-15-38(24)26/h7-12,15-17,28H,13-14,18H2,1-6H3,(H,35,36). The zero-order chi connectivity index (χ0) is 30.7. The lowest BCUT2D eigenvalue weighted by molar-refractivity contribution is 0.0208. The molecular weight excluding hydrogens is 551 g/mol. The summed E-state index contributed by atoms with van der Waals surface area (Å²) in [6.45, 7) is 5.83. The molecule has 1 saturated carbocycles. The molecule has 11 heteroatoms. The first-order valence-corrected chi connectivity index (χ1v) is 14.2. The zero-order valence-electron chi connectivity index (χ0n) is 25.1. The van der Waals surface area contributed by atoms with Crippen LogP contribution in [-0.4, -0.2) is 63.0 Å². The molecule has 4 aromatic rings. The summed E-state index contributed by atoms with van der Waals surface area (Å²) in [5.74, 6) is -0.412. The first kappa shape index (κ1) is 28.8. The van der Waals surface area contributed by atoms with Gasteiger partial charge in [-0.2, -0.15) is 0 Å². The van der Waals surface area contributed by atoms with Gasteiger partial charge in [-0.15, -0.1) is 0 Å². The monoisotopic (exact) mass is 586 g/mol. The number of aromatic nitrogens is 3. The van der Waals surface area contributed by atoms with Gasteiger partial charge in [0.15, 0.2) is 0 Å². The maximum Gasteiger partial charge on any atom is 0.419 e. The Kier molecular flexibility index (Phi) is 6.97. The molecule has 1 fully saturated rings. The number of benzene rings is 1. The van der Waals surface area contributed by atoms with Gasteiger partial charge in [0, 0.05) is 48.2 Å². The summed E-state index contributed by atoms with van der Waals surface area (Å²) in [6, 6.07) is 11.8. The molecule has 1 aliphatic carbocycles. The van der Waals surface area contributed by atoms with Crippen LogP contribution in [0, 0.1) is 5.82 Å². The van der Waals surface area contributed by atoms with Crippen molar-refractivity contribution >= 4 is 23.5 Å². The van der Waals surface area contributed by atoms with Crippen LogP contribution in [-0.2, 0) is 21.6 Å². The molecule has 1 unspecified atom stereocenters. The third-order valence-electron chi connectivity index (χ3n) is 7.74. The lowest BCUT2D eigenvalue weighted by Crippen LogP contribution is -2.41. The zero-order valence-corrected chi connectivity index (χ0v) is 25.1. The van der Waals surface area contributed by atoms with Crippen molar-refractivity contribution in [2.75, 3.05) is 26.5 Å². The predicted molar refractivity (Wildman–Crippen MR) is 159 cm³/mol. The van der Waals surface area contributed by atoms with Crippen molar-refractivity contribution in [1.82, 2.24) is 24.2 Å². The number of nitrogens with zero attached hydrogens (tertiary/aromatic N) is 5. The molecule has 224 valence electrons. The second kappa shape index (κ2) is 10.4. The van der Waals surface area contributed by atoms with Crippen molar-refractivity contribution in [1.29, 1.82) is 0 Å². The number of anilines is 1. The van der Waals surface area contributed by atoms with Gasteiger partial charge in [-0.05, 0) is 65.9 Å². The van der Waals surface area contributed by atoms with Crippen LogP contribution in [0.2, 0.25) is 0 Å². The molecule has 1 aliphatic heterocycles. The molecule has 1 N–H and O–H groups in total. The molecule has 43 heavy (non-hydrogen) atoms. The number of nitrogens with one attached hydrogen (secondary N) is 1. The van der Waals surface area contributed by atoms with Crippen LogP contribution in [0.3, 0.4) is 0 Å². The van der Waals surface area contributed by atoms with E-state index in [1.165, 1.54) is 12.1 Å². The number of rotatable bonds is 7. The molecule has 1 aromatic carbocycles. The fourth-order valence-corrected chi connectivity index (χ4v) is 5.69. The normalized spacial score (nSPS) is 17.4. The Bertz CT molecular complexity index is 1740. The van der Waals surface area contributed by atoms with Gasteiger partial charge < -0.3 is 19.7 Å². The number of imidazole rings is 1. The molecule has 2 amide bonds. The number of hydrogen-bond donors (Lipinski definition) is 1. The SMILES string of the molecule is COC1(c2ccc(NC3c4c(cccc4-c4cnc5cc(F)ccn45)C(=O)N3C(=O)OC(C)(C)C)nc2CN(C)C)CC1. The lowest BCUT2D eigenvalue weighted by atomic mass is 9.99. The molecule has 1 atom stereocenters. The number of imide groups is 1. The average Bonchev–Trinajstić information content (AvgIpc) is 3.54. The highest BCUT2D eigenvalue weighted by Gasteiger charge is 2.47. The number of ether oxygens (including phenoxy) is 2. The number of carbonyl (C=O) groups is 2. The number of pyridine rings is 2. The van der Waals surface area contributed by atoms with E-state index in [-0.39, 0.29) is 5.60 Å². The molecule has 2 aliphatic rings. The van der Waals surface area contributed by atoms with Crippen LogP contribution < -0.4 is 5.32 Å². The number of carbonyl (C=O) groups excluding carboxylic acids is 2. The largest absolute Gasteiger partial charge is 0.443 e. The van der Waals surface area contributed by atoms with Crippen LogP contribution >= 0.6 is 0 Å². The van der Waals surface area contributed by atoms with Crippen molar-refractivity contribution in [2.24, 2.45) is 0 Å². The van der Waals surface area contributed by atoms with Crippen LogP contribution in [0.1, 0.15) is 67.0 Å². The fourth-order valence-electron chi connectivity index (χ4n) is 5.69. The Morgan fingerprint density at radius 2 is 1.91 bits per heavy atom. The topological polar surface area (TPSA) is 101 Å². The number of hydrogen-bond acceptors (Lipinski definition) is 8. The van der Waals surface area contributed by atoms with E-state index in [9.17, 15) is 14.0 Å². The van der Waals surface area contributed by atoms with E-state index in [1.807, 2.05) is 37.2 Å². The Hall–Kier alpha value is -4.35. The molecule has 0 bridgehead atoms. The summed E-state index contributed by atoms with van der Waals surface area (Å²) in [6.07, 6.45) is 3.34. The summed E-state index contributed by atoms with van der Waals surface area (Å²) in [5.41, 5.74) is 3.34. The molecule has 6 rings (SSSR count). The predicted octanol–water partition coefficient (Wildman–Crippen LogP) is 5.73. The third kappa shape index (κ3) is 5.23. The van der Waals surface area contributed by atoms with Crippen LogP contribution in [0.4, 0.5) is 15.0 Å². The molecule has 4 heterocycles. The second-order valence-electron chi connectivity index (χ2n) is 12.3. The van der Waals surface area contributed by atoms with Gasteiger partial charge >= 0.3 is 6.09 Å². The van der Waals surface area contributed by atoms with Crippen LogP contribution in [0.5, 0.6) is 0 Å². The number of amides is 2. The van der Waals surface area contributed by atoms with Gasteiger partial charge in [0.2, 0.25) is 0 Å². The Balaban J connectivity index is 1.48. The van der Waals surface area contributed by atoms with E-state index in [0.717, 1.165) is 29.0 Å². The van der Waals surface area contributed by atoms with Gasteiger partial charge in [-0.1, -0.05) is 18.2 Å². The fraction of sp³-hybridized carbons (Fsp3) is 0.375. The molecule has 3 aromatic heterocycles. The third-order valence-corrected chi connectivity index (χ3v) is 7.74. The Morgan fingerprint density at radius 3 is 2.58 bits per heavy atom. The lowest BCUT2D eigenvalue weighted by Gasteiger charge is -2.29. The summed E-state index contributed by atoms with van der Waals surface area (Å²) >= 11 is 0. The highest BCUT2D eigenvalue weighted by atomic mass is 19.1. The Labute approximate surface area is 249 Å². The molecular formula is C32H35FN6O4. The molecule has 0 radical (unpaired) electrons. The minimum absolute atomic E-state index is 0.342. The van der Waals surface area contributed by atoms with E-state index in [1.54, 1.807) is 56.8 Å². The highest BCUT2D eigenvalue weighted by Crippen LogP contribution is 2.50. The molecule has 0 spiro atoms. The van der Waals surface area contributed by atoms with E-state index in [2.05, 4.69) is 10.3 Å². The number of fused-ring (bicyclic) bond motifs is 2. The van der Waals surface area contributed by atoms with Crippen LogP contribution in [0.25, 0.3) is 16.9 Å². The van der Waals surface area contributed by atoms with Gasteiger partial charge in [0.1, 0.15) is 29.0 Å². The van der Waals surface area contributed by atoms with Crippen molar-refractivity contribution < 1.29 is 23.5 Å². The minimum Gasteiger partial charge on any atom is -0.443 e. The van der Waals surface area contributed by atoms with E-state index in [4.69, 9.17) is 14.5 Å². The summed E-state index contributed by atoms with van der Waals surface area (Å²) in [7, 11) is 5.67. The van der Waals surface area contributed by atoms with E-state index in [0.29, 0.717) is 40.4 Å². The number of methoxy groups -OCH3 is 1. The maximum atomic E-state index is 14.0. The minimum atomic E-state index is -0.942. The maximum absolute atomic E-state index is 14.0. The van der Waals surface area contributed by atoms with Crippen molar-refractivity contribution in [2.45, 2.75) is 57.5 Å². The first-order valence-electron chi connectivity index (χ1n) is 14.2. The Morgan fingerprint density at radius 1 is 1.16 bits per heavy atom. The van der Waals surface area contributed by atoms with Gasteiger partial charge in [-0.25, -0.2) is 24.1 Å². The van der Waals surface area contributed by atoms with Gasteiger partial charge in [-0.3, -0.25) is 9.20 Å². The summed E-state index contributed by atoms with van der Waals surface area (Å²) in [5, 5.41) is 3.38. The van der Waals surface area contributed by atoms with Crippen molar-refractivity contribution in [3.05, 3.63) is 83.1 Å². The van der Waals surface area contributed by atoms with Crippen LogP contribution in [0.15, 0.2) is 54.9 Å². The number of halogens is 1.